The molecule has 1 aliphatic carbocycles. The van der Waals surface area contributed by atoms with Gasteiger partial charge in [-0.05, 0) is 38.5 Å². The summed E-state index contributed by atoms with van der Waals surface area (Å²) >= 11 is 0. The lowest BCUT2D eigenvalue weighted by Crippen LogP contribution is -2.24. The molecule has 0 spiro atoms. The molecular weight excluding hydrogens is 344 g/mol. The molecule has 1 aromatic heterocycles. The Morgan fingerprint density at radius 1 is 1.26 bits per heavy atom. The van der Waals surface area contributed by atoms with Gasteiger partial charge in [0.05, 0.1) is 11.0 Å². The zero-order valence-electron chi connectivity index (χ0n) is 15.6. The van der Waals surface area contributed by atoms with Gasteiger partial charge < -0.3 is 10.4 Å². The van der Waals surface area contributed by atoms with E-state index in [4.69, 9.17) is 0 Å². The quantitative estimate of drug-likeness (QED) is 0.432. The largest absolute Gasteiger partial charge is 0.393 e. The summed E-state index contributed by atoms with van der Waals surface area (Å²) in [4.78, 5) is 19.5. The topological polar surface area (TPSA) is 101 Å². The standard InChI is InChI=1S/C20H26N4O3/c1-14-12-19(21-11-5-8-15-6-2-3-10-18(15)25)23-20(22-14)16-7-4-9-17(13-16)24(26)27/h4,7,9,12-13,15,18,25H,2-3,5-6,8,10-11H2,1H3,(H,21,22,23). The summed E-state index contributed by atoms with van der Waals surface area (Å²) in [5, 5.41) is 24.4. The number of rotatable bonds is 7. The number of aryl methyl sites for hydroxylation is 1. The van der Waals surface area contributed by atoms with Crippen LogP contribution in [0.3, 0.4) is 0 Å². The first-order valence-electron chi connectivity index (χ1n) is 9.55. The van der Waals surface area contributed by atoms with Crippen molar-refractivity contribution in [1.82, 2.24) is 9.97 Å². The molecule has 2 N–H and O–H groups in total. The molecule has 7 nitrogen and oxygen atoms in total. The van der Waals surface area contributed by atoms with Gasteiger partial charge in [0.2, 0.25) is 0 Å². The summed E-state index contributed by atoms with van der Waals surface area (Å²) in [5.41, 5.74) is 1.45. The van der Waals surface area contributed by atoms with Gasteiger partial charge in [0.25, 0.3) is 5.69 Å². The van der Waals surface area contributed by atoms with Crippen molar-refractivity contribution in [1.29, 1.82) is 0 Å². The molecule has 1 heterocycles. The minimum Gasteiger partial charge on any atom is -0.393 e. The second-order valence-electron chi connectivity index (χ2n) is 7.21. The van der Waals surface area contributed by atoms with Crippen LogP contribution in [0, 0.1) is 23.0 Å². The van der Waals surface area contributed by atoms with Crippen LogP contribution >= 0.6 is 0 Å². The van der Waals surface area contributed by atoms with Crippen LogP contribution in [-0.2, 0) is 0 Å². The molecule has 27 heavy (non-hydrogen) atoms. The van der Waals surface area contributed by atoms with Gasteiger partial charge >= 0.3 is 0 Å². The Morgan fingerprint density at radius 3 is 2.85 bits per heavy atom. The van der Waals surface area contributed by atoms with Crippen molar-refractivity contribution in [3.8, 4) is 11.4 Å². The maximum atomic E-state index is 11.0. The van der Waals surface area contributed by atoms with E-state index in [9.17, 15) is 15.2 Å². The molecule has 2 unspecified atom stereocenters. The van der Waals surface area contributed by atoms with Gasteiger partial charge in [-0.25, -0.2) is 9.97 Å². The summed E-state index contributed by atoms with van der Waals surface area (Å²) in [6, 6.07) is 8.23. The molecule has 0 saturated heterocycles. The van der Waals surface area contributed by atoms with E-state index in [1.165, 1.54) is 18.6 Å². The summed E-state index contributed by atoms with van der Waals surface area (Å²) < 4.78 is 0. The highest BCUT2D eigenvalue weighted by atomic mass is 16.6. The predicted octanol–water partition coefficient (Wildman–Crippen LogP) is 4.10. The van der Waals surface area contributed by atoms with Crippen LogP contribution in [0.15, 0.2) is 30.3 Å². The first-order valence-corrected chi connectivity index (χ1v) is 9.55. The maximum absolute atomic E-state index is 11.0. The number of aliphatic hydroxyl groups excluding tert-OH is 1. The molecular formula is C20H26N4O3. The van der Waals surface area contributed by atoms with Gasteiger partial charge in [-0.3, -0.25) is 10.1 Å². The number of nitrogens with zero attached hydrogens (tertiary/aromatic N) is 3. The van der Waals surface area contributed by atoms with Crippen LogP contribution in [0.25, 0.3) is 11.4 Å². The number of anilines is 1. The van der Waals surface area contributed by atoms with E-state index in [1.54, 1.807) is 12.1 Å². The van der Waals surface area contributed by atoms with Crippen molar-refractivity contribution in [3.63, 3.8) is 0 Å². The van der Waals surface area contributed by atoms with Gasteiger partial charge in [-0.2, -0.15) is 0 Å². The van der Waals surface area contributed by atoms with E-state index in [2.05, 4.69) is 15.3 Å². The van der Waals surface area contributed by atoms with Crippen LogP contribution in [0.4, 0.5) is 11.5 Å². The van der Waals surface area contributed by atoms with Crippen LogP contribution in [0.5, 0.6) is 0 Å². The first kappa shape index (κ1) is 19.2. The molecule has 0 bridgehead atoms. The number of nitro benzene ring substituents is 1. The molecule has 1 saturated carbocycles. The minimum atomic E-state index is -0.419. The van der Waals surface area contributed by atoms with Crippen LogP contribution in [0.2, 0.25) is 0 Å². The second kappa shape index (κ2) is 8.90. The highest BCUT2D eigenvalue weighted by Crippen LogP contribution is 2.28. The molecule has 2 atom stereocenters. The van der Waals surface area contributed by atoms with E-state index in [1.807, 2.05) is 13.0 Å². The molecule has 1 aromatic carbocycles. The lowest BCUT2D eigenvalue weighted by atomic mass is 9.83. The number of aliphatic hydroxyl groups is 1. The van der Waals surface area contributed by atoms with Crippen LogP contribution in [0.1, 0.15) is 44.2 Å². The highest BCUT2D eigenvalue weighted by Gasteiger charge is 2.22. The lowest BCUT2D eigenvalue weighted by Gasteiger charge is -2.27. The normalized spacial score (nSPS) is 19.6. The van der Waals surface area contributed by atoms with E-state index in [-0.39, 0.29) is 11.8 Å². The van der Waals surface area contributed by atoms with Gasteiger partial charge in [-0.1, -0.05) is 25.0 Å². The third kappa shape index (κ3) is 5.23. The van der Waals surface area contributed by atoms with Gasteiger partial charge in [0, 0.05) is 36.0 Å². The third-order valence-corrected chi connectivity index (χ3v) is 5.10. The van der Waals surface area contributed by atoms with E-state index >= 15 is 0 Å². The van der Waals surface area contributed by atoms with Gasteiger partial charge in [-0.15, -0.1) is 0 Å². The summed E-state index contributed by atoms with van der Waals surface area (Å²) in [7, 11) is 0. The summed E-state index contributed by atoms with van der Waals surface area (Å²) in [5.74, 6) is 1.60. The monoisotopic (exact) mass is 370 g/mol. The van der Waals surface area contributed by atoms with Crippen molar-refractivity contribution in [2.75, 3.05) is 11.9 Å². The predicted molar refractivity (Wildman–Crippen MR) is 105 cm³/mol. The Hall–Kier alpha value is -2.54. The van der Waals surface area contributed by atoms with Gasteiger partial charge in [0.15, 0.2) is 5.82 Å². The Morgan fingerprint density at radius 2 is 2.07 bits per heavy atom. The molecule has 7 heteroatoms. The number of benzene rings is 1. The van der Waals surface area contributed by atoms with Crippen molar-refractivity contribution < 1.29 is 10.0 Å². The number of aromatic nitrogens is 2. The molecule has 0 amide bonds. The summed E-state index contributed by atoms with van der Waals surface area (Å²) in [6.07, 6.45) is 6.22. The molecule has 0 radical (unpaired) electrons. The maximum Gasteiger partial charge on any atom is 0.270 e. The molecule has 2 aromatic rings. The smallest absolute Gasteiger partial charge is 0.270 e. The third-order valence-electron chi connectivity index (χ3n) is 5.10. The fraction of sp³-hybridized carbons (Fsp3) is 0.500. The average Bonchev–Trinajstić information content (AvgIpc) is 2.66. The Kier molecular flexibility index (Phi) is 6.34. The Labute approximate surface area is 159 Å². The lowest BCUT2D eigenvalue weighted by molar-refractivity contribution is -0.384. The number of hydrogen-bond acceptors (Lipinski definition) is 6. The fourth-order valence-electron chi connectivity index (χ4n) is 3.65. The Balaban J connectivity index is 1.62. The minimum absolute atomic E-state index is 0.0261. The van der Waals surface area contributed by atoms with E-state index in [0.717, 1.165) is 44.3 Å². The number of nitrogens with one attached hydrogen (secondary N) is 1. The van der Waals surface area contributed by atoms with Crippen LogP contribution in [-0.4, -0.2) is 32.6 Å². The molecule has 144 valence electrons. The zero-order chi connectivity index (χ0) is 19.2. The number of non-ortho nitro benzene ring substituents is 1. The van der Waals surface area contributed by atoms with Crippen molar-refractivity contribution in [2.24, 2.45) is 5.92 Å². The molecule has 3 rings (SSSR count). The molecule has 1 fully saturated rings. The Bertz CT molecular complexity index is 797. The number of nitro groups is 1. The fourth-order valence-corrected chi connectivity index (χ4v) is 3.65. The molecule has 1 aliphatic rings. The van der Waals surface area contributed by atoms with Crippen molar-refractivity contribution in [3.05, 3.63) is 46.1 Å². The SMILES string of the molecule is Cc1cc(NCCCC2CCCCC2O)nc(-c2cccc([N+](=O)[O-])c2)n1. The van der Waals surface area contributed by atoms with Gasteiger partial charge in [0.1, 0.15) is 5.82 Å². The van der Waals surface area contributed by atoms with Crippen molar-refractivity contribution in [2.45, 2.75) is 51.6 Å². The van der Waals surface area contributed by atoms with E-state index < -0.39 is 4.92 Å². The first-order chi connectivity index (χ1) is 13.0. The van der Waals surface area contributed by atoms with Crippen LogP contribution < -0.4 is 5.32 Å². The molecule has 0 aliphatic heterocycles. The van der Waals surface area contributed by atoms with E-state index in [0.29, 0.717) is 23.1 Å². The summed E-state index contributed by atoms with van der Waals surface area (Å²) in [6.45, 7) is 2.65. The highest BCUT2D eigenvalue weighted by molar-refractivity contribution is 5.61. The second-order valence-corrected chi connectivity index (χ2v) is 7.21. The van der Waals surface area contributed by atoms with Crippen molar-refractivity contribution >= 4 is 11.5 Å². The average molecular weight is 370 g/mol. The zero-order valence-corrected chi connectivity index (χ0v) is 15.6. The number of hydrogen-bond donors (Lipinski definition) is 2.